The van der Waals surface area contributed by atoms with Gasteiger partial charge in [0.2, 0.25) is 5.91 Å². The third-order valence-electron chi connectivity index (χ3n) is 4.09. The summed E-state index contributed by atoms with van der Waals surface area (Å²) in [5.74, 6) is -0.403. The number of nitrogens with two attached hydrogens (primary N) is 1. The van der Waals surface area contributed by atoms with Crippen molar-refractivity contribution in [3.63, 3.8) is 0 Å². The highest BCUT2D eigenvalue weighted by molar-refractivity contribution is 5.84. The average molecular weight is 286 g/mol. The number of hydrogen-bond acceptors (Lipinski definition) is 4. The lowest BCUT2D eigenvalue weighted by atomic mass is 9.88. The van der Waals surface area contributed by atoms with Crippen LogP contribution in [0.15, 0.2) is 0 Å². The molecule has 0 aromatic heterocycles. The van der Waals surface area contributed by atoms with Gasteiger partial charge in [-0.3, -0.25) is 4.79 Å². The maximum absolute atomic E-state index is 12.2. The Balaban J connectivity index is 2.55. The van der Waals surface area contributed by atoms with E-state index in [1.807, 2.05) is 0 Å². The molecule has 0 spiro atoms. The molecule has 116 valence electrons. The van der Waals surface area contributed by atoms with Crippen molar-refractivity contribution in [2.75, 3.05) is 13.1 Å². The minimum Gasteiger partial charge on any atom is -0.480 e. The summed E-state index contributed by atoms with van der Waals surface area (Å²) in [6.07, 6.45) is 1.30. The zero-order valence-electron chi connectivity index (χ0n) is 12.3. The topological polar surface area (TPSA) is 104 Å². The summed E-state index contributed by atoms with van der Waals surface area (Å²) in [7, 11) is 0. The molecule has 20 heavy (non-hydrogen) atoms. The molecule has 1 aliphatic heterocycles. The van der Waals surface area contributed by atoms with Gasteiger partial charge in [-0.05, 0) is 31.2 Å². The van der Waals surface area contributed by atoms with Gasteiger partial charge in [-0.1, -0.05) is 13.8 Å². The third kappa shape index (κ3) is 4.45. The molecule has 0 aliphatic carbocycles. The second-order valence-corrected chi connectivity index (χ2v) is 5.91. The minimum absolute atomic E-state index is 0.123. The first-order valence-corrected chi connectivity index (χ1v) is 7.27. The van der Waals surface area contributed by atoms with E-state index in [9.17, 15) is 14.7 Å². The first-order chi connectivity index (χ1) is 9.36. The highest BCUT2D eigenvalue weighted by atomic mass is 16.4. The normalized spacial score (nSPS) is 24.1. The SMILES string of the molecule is CC(C)C(CCN)CCC(=O)N1CC(O)CC1C(=O)O. The van der Waals surface area contributed by atoms with Crippen molar-refractivity contribution >= 4 is 11.9 Å². The zero-order chi connectivity index (χ0) is 15.3. The van der Waals surface area contributed by atoms with Crippen LogP contribution >= 0.6 is 0 Å². The first kappa shape index (κ1) is 16.9. The van der Waals surface area contributed by atoms with Crippen LogP contribution in [-0.2, 0) is 9.59 Å². The fourth-order valence-corrected chi connectivity index (χ4v) is 2.80. The molecule has 6 nitrogen and oxygen atoms in total. The highest BCUT2D eigenvalue weighted by Gasteiger charge is 2.38. The number of carbonyl (C=O) groups excluding carboxylic acids is 1. The van der Waals surface area contributed by atoms with Gasteiger partial charge in [-0.15, -0.1) is 0 Å². The van der Waals surface area contributed by atoms with Crippen molar-refractivity contribution < 1.29 is 19.8 Å². The predicted octanol–water partition coefficient (Wildman–Crippen LogP) is 0.434. The van der Waals surface area contributed by atoms with Crippen LogP contribution in [0.2, 0.25) is 0 Å². The Morgan fingerprint density at radius 2 is 2.00 bits per heavy atom. The third-order valence-corrected chi connectivity index (χ3v) is 4.09. The maximum atomic E-state index is 12.2. The Kier molecular flexibility index (Phi) is 6.42. The molecule has 0 aromatic carbocycles. The second-order valence-electron chi connectivity index (χ2n) is 5.91. The van der Waals surface area contributed by atoms with E-state index in [2.05, 4.69) is 13.8 Å². The van der Waals surface area contributed by atoms with Crippen molar-refractivity contribution in [2.45, 2.75) is 51.7 Å². The standard InChI is InChI=1S/C14H26N2O4/c1-9(2)10(5-6-15)3-4-13(18)16-8-11(17)7-12(16)14(19)20/h9-12,17H,3-8,15H2,1-2H3,(H,19,20). The van der Waals surface area contributed by atoms with E-state index in [-0.39, 0.29) is 18.9 Å². The minimum atomic E-state index is -1.04. The van der Waals surface area contributed by atoms with Gasteiger partial charge in [0.1, 0.15) is 6.04 Å². The lowest BCUT2D eigenvalue weighted by molar-refractivity contribution is -0.148. The summed E-state index contributed by atoms with van der Waals surface area (Å²) >= 11 is 0. The number of hydrogen-bond donors (Lipinski definition) is 3. The van der Waals surface area contributed by atoms with Crippen molar-refractivity contribution in [3.8, 4) is 0 Å². The number of carboxylic acid groups (broad SMARTS) is 1. The largest absolute Gasteiger partial charge is 0.480 e. The Bertz CT molecular complexity index is 346. The molecule has 0 saturated carbocycles. The molecule has 1 heterocycles. The van der Waals surface area contributed by atoms with Crippen LogP contribution < -0.4 is 5.73 Å². The molecule has 1 amide bonds. The second kappa shape index (κ2) is 7.59. The Labute approximate surface area is 119 Å². The number of β-amino-alcohol motifs (C(OH)–C–C–N with tert-alkyl or cyclic N) is 1. The predicted molar refractivity (Wildman–Crippen MR) is 75.0 cm³/mol. The number of aliphatic hydroxyl groups is 1. The zero-order valence-corrected chi connectivity index (χ0v) is 12.3. The molecule has 0 radical (unpaired) electrons. The Morgan fingerprint density at radius 3 is 2.50 bits per heavy atom. The van der Waals surface area contributed by atoms with Crippen LogP contribution in [0.5, 0.6) is 0 Å². The molecule has 1 aliphatic rings. The summed E-state index contributed by atoms with van der Waals surface area (Å²) in [6.45, 7) is 4.92. The summed E-state index contributed by atoms with van der Waals surface area (Å²) in [5.41, 5.74) is 5.57. The van der Waals surface area contributed by atoms with Crippen LogP contribution in [0.1, 0.15) is 39.5 Å². The molecule has 0 bridgehead atoms. The summed E-state index contributed by atoms with van der Waals surface area (Å²) in [5, 5.41) is 18.6. The van der Waals surface area contributed by atoms with Crippen LogP contribution in [0.4, 0.5) is 0 Å². The van der Waals surface area contributed by atoms with Gasteiger partial charge in [0.05, 0.1) is 6.10 Å². The lowest BCUT2D eigenvalue weighted by Gasteiger charge is -2.24. The van der Waals surface area contributed by atoms with Gasteiger partial charge in [-0.25, -0.2) is 4.79 Å². The molecular weight excluding hydrogens is 260 g/mol. The van der Waals surface area contributed by atoms with E-state index in [1.54, 1.807) is 0 Å². The van der Waals surface area contributed by atoms with Crippen molar-refractivity contribution in [2.24, 2.45) is 17.6 Å². The summed E-state index contributed by atoms with van der Waals surface area (Å²) in [4.78, 5) is 24.5. The summed E-state index contributed by atoms with van der Waals surface area (Å²) in [6, 6.07) is -0.885. The number of carbonyl (C=O) groups is 2. The average Bonchev–Trinajstić information content (AvgIpc) is 2.76. The first-order valence-electron chi connectivity index (χ1n) is 7.27. The maximum Gasteiger partial charge on any atom is 0.326 e. The van der Waals surface area contributed by atoms with Crippen LogP contribution in [0, 0.1) is 11.8 Å². The van der Waals surface area contributed by atoms with Crippen LogP contribution in [0.3, 0.4) is 0 Å². The number of amides is 1. The number of carboxylic acids is 1. The van der Waals surface area contributed by atoms with Crippen molar-refractivity contribution in [1.29, 1.82) is 0 Å². The molecule has 3 atom stereocenters. The van der Waals surface area contributed by atoms with E-state index < -0.39 is 18.1 Å². The van der Waals surface area contributed by atoms with Crippen LogP contribution in [-0.4, -0.2) is 52.2 Å². The monoisotopic (exact) mass is 286 g/mol. The van der Waals surface area contributed by atoms with Gasteiger partial charge in [-0.2, -0.15) is 0 Å². The molecule has 1 rings (SSSR count). The van der Waals surface area contributed by atoms with E-state index in [4.69, 9.17) is 10.8 Å². The lowest BCUT2D eigenvalue weighted by Crippen LogP contribution is -2.40. The fraction of sp³-hybridized carbons (Fsp3) is 0.857. The number of aliphatic hydroxyl groups excluding tert-OH is 1. The van der Waals surface area contributed by atoms with Crippen LogP contribution in [0.25, 0.3) is 0 Å². The Hall–Kier alpha value is -1.14. The van der Waals surface area contributed by atoms with E-state index >= 15 is 0 Å². The highest BCUT2D eigenvalue weighted by Crippen LogP contribution is 2.24. The fourth-order valence-electron chi connectivity index (χ4n) is 2.80. The number of rotatable bonds is 7. The molecule has 6 heteroatoms. The molecule has 1 saturated heterocycles. The molecule has 0 aromatic rings. The van der Waals surface area contributed by atoms with Gasteiger partial charge in [0, 0.05) is 19.4 Å². The van der Waals surface area contributed by atoms with Gasteiger partial charge < -0.3 is 20.8 Å². The van der Waals surface area contributed by atoms with Crippen molar-refractivity contribution in [1.82, 2.24) is 4.90 Å². The Morgan fingerprint density at radius 1 is 1.35 bits per heavy atom. The van der Waals surface area contributed by atoms with E-state index in [0.29, 0.717) is 31.2 Å². The van der Waals surface area contributed by atoms with E-state index in [0.717, 1.165) is 6.42 Å². The molecule has 4 N–H and O–H groups in total. The van der Waals surface area contributed by atoms with Gasteiger partial charge >= 0.3 is 5.97 Å². The number of nitrogens with zero attached hydrogens (tertiary/aromatic N) is 1. The van der Waals surface area contributed by atoms with E-state index in [1.165, 1.54) is 4.90 Å². The van der Waals surface area contributed by atoms with Gasteiger partial charge in [0.15, 0.2) is 0 Å². The molecule has 1 fully saturated rings. The molecular formula is C14H26N2O4. The summed E-state index contributed by atoms with van der Waals surface area (Å²) < 4.78 is 0. The number of likely N-dealkylation sites (tertiary alicyclic amines) is 1. The molecule has 3 unspecified atom stereocenters. The smallest absolute Gasteiger partial charge is 0.326 e. The van der Waals surface area contributed by atoms with Gasteiger partial charge in [0.25, 0.3) is 0 Å². The quantitative estimate of drug-likeness (QED) is 0.630. The van der Waals surface area contributed by atoms with Crippen molar-refractivity contribution in [3.05, 3.63) is 0 Å². The number of aliphatic carboxylic acids is 1.